The van der Waals surface area contributed by atoms with Gasteiger partial charge in [-0.15, -0.1) is 11.8 Å². The van der Waals surface area contributed by atoms with Gasteiger partial charge in [0, 0.05) is 53.3 Å². The zero-order chi connectivity index (χ0) is 31.7. The maximum Gasteiger partial charge on any atom is 0.225 e. The van der Waals surface area contributed by atoms with Gasteiger partial charge in [-0.1, -0.05) is 36.4 Å². The molecule has 8 heteroatoms. The summed E-state index contributed by atoms with van der Waals surface area (Å²) in [6, 6.07) is 28.7. The van der Waals surface area contributed by atoms with Crippen LogP contribution in [-0.4, -0.2) is 72.1 Å². The molecule has 3 heterocycles. The van der Waals surface area contributed by atoms with Crippen molar-refractivity contribution in [1.29, 1.82) is 0 Å². The minimum Gasteiger partial charge on any atom is -0.326 e. The highest BCUT2D eigenvalue weighted by molar-refractivity contribution is 7.98. The first-order chi connectivity index (χ1) is 22.5. The minimum atomic E-state index is 0.0435. The first kappa shape index (κ1) is 32.0. The van der Waals surface area contributed by atoms with E-state index < -0.39 is 0 Å². The fourth-order valence-electron chi connectivity index (χ4n) is 6.20. The molecule has 0 radical (unpaired) electrons. The van der Waals surface area contributed by atoms with Crippen molar-refractivity contribution in [2.45, 2.75) is 43.4 Å². The second-order valence-corrected chi connectivity index (χ2v) is 13.1. The van der Waals surface area contributed by atoms with Crippen molar-refractivity contribution in [3.8, 4) is 33.6 Å². The molecule has 6 rings (SSSR count). The van der Waals surface area contributed by atoms with E-state index >= 15 is 0 Å². The molecule has 0 unspecified atom stereocenters. The molecule has 4 aromatic rings. The second-order valence-electron chi connectivity index (χ2n) is 12.2. The maximum absolute atomic E-state index is 12.6. The topological polar surface area (TPSA) is 77.6 Å². The van der Waals surface area contributed by atoms with Gasteiger partial charge in [-0.25, -0.2) is 4.98 Å². The van der Waals surface area contributed by atoms with E-state index in [1.807, 2.05) is 48.5 Å². The highest BCUT2D eigenvalue weighted by atomic mass is 32.2. The largest absolute Gasteiger partial charge is 0.326 e. The number of carbonyl (C=O) groups is 2. The molecule has 2 aliphatic heterocycles. The molecule has 3 aromatic carbocycles. The Bertz CT molecular complexity index is 1520. The van der Waals surface area contributed by atoms with Gasteiger partial charge in [-0.3, -0.25) is 9.59 Å². The zero-order valence-corrected chi connectivity index (χ0v) is 27.5. The summed E-state index contributed by atoms with van der Waals surface area (Å²) in [5.41, 5.74) is 7.43. The van der Waals surface area contributed by atoms with Crippen LogP contribution >= 0.6 is 11.8 Å². The Morgan fingerprint density at radius 1 is 0.609 bits per heavy atom. The lowest BCUT2D eigenvalue weighted by molar-refractivity contribution is -0.117. The van der Waals surface area contributed by atoms with Crippen molar-refractivity contribution in [3.63, 3.8) is 0 Å². The van der Waals surface area contributed by atoms with Crippen LogP contribution in [0.3, 0.4) is 0 Å². The van der Waals surface area contributed by atoms with Crippen LogP contribution in [0.25, 0.3) is 33.6 Å². The molecule has 0 atom stereocenters. The second kappa shape index (κ2) is 15.5. The number of thioether (sulfide) groups is 1. The number of pyridine rings is 1. The summed E-state index contributed by atoms with van der Waals surface area (Å²) in [6.45, 7) is 6.00. The average molecular weight is 634 g/mol. The van der Waals surface area contributed by atoms with Gasteiger partial charge in [0.15, 0.2) is 0 Å². The predicted molar refractivity (Wildman–Crippen MR) is 190 cm³/mol. The molecule has 2 N–H and O–H groups in total. The monoisotopic (exact) mass is 633 g/mol. The van der Waals surface area contributed by atoms with E-state index in [0.29, 0.717) is 12.8 Å². The third kappa shape index (κ3) is 8.63. The van der Waals surface area contributed by atoms with Gasteiger partial charge < -0.3 is 20.4 Å². The molecule has 2 fully saturated rings. The number of nitrogens with zero attached hydrogens (tertiary/aromatic N) is 3. The van der Waals surface area contributed by atoms with Crippen LogP contribution in [0.2, 0.25) is 0 Å². The molecule has 2 amide bonds. The summed E-state index contributed by atoms with van der Waals surface area (Å²) in [4.78, 5) is 36.1. The van der Waals surface area contributed by atoms with E-state index in [9.17, 15) is 9.59 Å². The van der Waals surface area contributed by atoms with Crippen LogP contribution in [0.1, 0.15) is 38.5 Å². The van der Waals surface area contributed by atoms with E-state index in [1.165, 1.54) is 30.6 Å². The van der Waals surface area contributed by atoms with Gasteiger partial charge >= 0.3 is 0 Å². The number of anilines is 2. The lowest BCUT2D eigenvalue weighted by Gasteiger charge is -2.14. The first-order valence-corrected chi connectivity index (χ1v) is 17.7. The van der Waals surface area contributed by atoms with Crippen molar-refractivity contribution >= 4 is 35.0 Å². The number of rotatable bonds is 12. The Morgan fingerprint density at radius 3 is 1.43 bits per heavy atom. The van der Waals surface area contributed by atoms with Gasteiger partial charge in [0.05, 0.1) is 11.4 Å². The number of aromatic nitrogens is 1. The van der Waals surface area contributed by atoms with Crippen LogP contribution in [0, 0.1) is 0 Å². The molecule has 0 spiro atoms. The van der Waals surface area contributed by atoms with E-state index in [2.05, 4.69) is 63.1 Å². The molecule has 0 saturated carbocycles. The normalized spacial score (nSPS) is 15.2. The van der Waals surface area contributed by atoms with Crippen molar-refractivity contribution in [1.82, 2.24) is 14.8 Å². The number of amides is 2. The van der Waals surface area contributed by atoms with Crippen molar-refractivity contribution in [3.05, 3.63) is 84.9 Å². The van der Waals surface area contributed by atoms with E-state index in [0.717, 1.165) is 84.3 Å². The standard InChI is InChI=1S/C38H43N5O2S/c1-46-34-16-10-28(11-17-34)31-26-35(29-6-12-32(13-7-29)39-37(44)18-24-42-20-2-3-21-42)41-36(27-31)30-8-14-33(15-9-30)40-38(45)19-25-43-22-4-5-23-43/h6-17,26-27H,2-5,18-25H2,1H3,(H,39,44)(H,40,45). The van der Waals surface area contributed by atoms with Crippen molar-refractivity contribution in [2.75, 3.05) is 56.2 Å². The van der Waals surface area contributed by atoms with Gasteiger partial charge in [0.1, 0.15) is 0 Å². The molecular weight excluding hydrogens is 591 g/mol. The van der Waals surface area contributed by atoms with Crippen molar-refractivity contribution in [2.24, 2.45) is 0 Å². The summed E-state index contributed by atoms with van der Waals surface area (Å²) in [5.74, 6) is 0.0870. The lowest BCUT2D eigenvalue weighted by atomic mass is 10.00. The summed E-state index contributed by atoms with van der Waals surface area (Å²) < 4.78 is 0. The highest BCUT2D eigenvalue weighted by Gasteiger charge is 2.15. The smallest absolute Gasteiger partial charge is 0.225 e. The zero-order valence-electron chi connectivity index (χ0n) is 26.6. The highest BCUT2D eigenvalue weighted by Crippen LogP contribution is 2.32. The van der Waals surface area contributed by atoms with E-state index in [-0.39, 0.29) is 11.8 Å². The first-order valence-electron chi connectivity index (χ1n) is 16.4. The maximum atomic E-state index is 12.6. The number of likely N-dealkylation sites (tertiary alicyclic amines) is 2. The fraction of sp³-hybridized carbons (Fsp3) is 0.342. The van der Waals surface area contributed by atoms with E-state index in [1.54, 1.807) is 11.8 Å². The summed E-state index contributed by atoms with van der Waals surface area (Å²) in [5, 5.41) is 6.10. The van der Waals surface area contributed by atoms with Gasteiger partial charge in [-0.05, 0) is 118 Å². The summed E-state index contributed by atoms with van der Waals surface area (Å²) in [7, 11) is 0. The molecule has 7 nitrogen and oxygen atoms in total. The number of carbonyl (C=O) groups excluding carboxylic acids is 2. The number of benzene rings is 3. The van der Waals surface area contributed by atoms with E-state index in [4.69, 9.17) is 4.98 Å². The quantitative estimate of drug-likeness (QED) is 0.156. The Kier molecular flexibility index (Phi) is 10.8. The van der Waals surface area contributed by atoms with Gasteiger partial charge in [-0.2, -0.15) is 0 Å². The summed E-state index contributed by atoms with van der Waals surface area (Å²) in [6.07, 6.45) is 8.00. The Hall–Kier alpha value is -3.98. The van der Waals surface area contributed by atoms with Crippen LogP contribution < -0.4 is 10.6 Å². The molecule has 46 heavy (non-hydrogen) atoms. The third-order valence-electron chi connectivity index (χ3n) is 8.89. The minimum absolute atomic E-state index is 0.0435. The van der Waals surface area contributed by atoms with Gasteiger partial charge in [0.2, 0.25) is 11.8 Å². The number of hydrogen-bond donors (Lipinski definition) is 2. The average Bonchev–Trinajstić information content (AvgIpc) is 3.82. The van der Waals surface area contributed by atoms with Crippen molar-refractivity contribution < 1.29 is 9.59 Å². The lowest BCUT2D eigenvalue weighted by Crippen LogP contribution is -2.25. The molecule has 2 aliphatic rings. The molecule has 2 saturated heterocycles. The SMILES string of the molecule is CSc1ccc(-c2cc(-c3ccc(NC(=O)CCN4CCCC4)cc3)nc(-c3ccc(NC(=O)CCN4CCCC4)cc3)c2)cc1. The third-order valence-corrected chi connectivity index (χ3v) is 9.63. The van der Waals surface area contributed by atoms with Crippen LogP contribution in [-0.2, 0) is 9.59 Å². The number of nitrogens with one attached hydrogen (secondary N) is 2. The van der Waals surface area contributed by atoms with Crippen LogP contribution in [0.5, 0.6) is 0 Å². The molecule has 0 aliphatic carbocycles. The van der Waals surface area contributed by atoms with Gasteiger partial charge in [0.25, 0.3) is 0 Å². The molecular formula is C38H43N5O2S. The molecule has 238 valence electrons. The molecule has 1 aromatic heterocycles. The fourth-order valence-corrected chi connectivity index (χ4v) is 6.61. The Labute approximate surface area is 276 Å². The van der Waals surface area contributed by atoms with Crippen LogP contribution in [0.4, 0.5) is 11.4 Å². The Morgan fingerprint density at radius 2 is 1.02 bits per heavy atom. The predicted octanol–water partition coefficient (Wildman–Crippen LogP) is 7.65. The Balaban J connectivity index is 1.19. The molecule has 0 bridgehead atoms. The van der Waals surface area contributed by atoms with Crippen LogP contribution in [0.15, 0.2) is 89.8 Å². The summed E-state index contributed by atoms with van der Waals surface area (Å²) >= 11 is 1.73. The number of hydrogen-bond acceptors (Lipinski definition) is 6.